The van der Waals surface area contributed by atoms with Gasteiger partial charge in [0.15, 0.2) is 0 Å². The molecule has 2 aromatic heterocycles. The van der Waals surface area contributed by atoms with Crippen molar-refractivity contribution in [1.82, 2.24) is 15.2 Å². The molecule has 0 spiro atoms. The summed E-state index contributed by atoms with van der Waals surface area (Å²) >= 11 is 1.63. The minimum Gasteiger partial charge on any atom is -0.470 e. The fourth-order valence-electron chi connectivity index (χ4n) is 3.21. The van der Waals surface area contributed by atoms with Crippen LogP contribution in [0.4, 0.5) is 5.13 Å². The molecular formula is C15H18N4O2S. The first-order chi connectivity index (χ1) is 10.8. The van der Waals surface area contributed by atoms with Crippen LogP contribution in [0.5, 0.6) is 5.88 Å². The van der Waals surface area contributed by atoms with Crippen molar-refractivity contribution in [3.63, 3.8) is 0 Å². The third kappa shape index (κ3) is 2.55. The highest BCUT2D eigenvalue weighted by Gasteiger charge is 2.46. The molecule has 0 saturated carbocycles. The predicted molar refractivity (Wildman–Crippen MR) is 83.4 cm³/mol. The zero-order valence-corrected chi connectivity index (χ0v) is 13.2. The van der Waals surface area contributed by atoms with E-state index < -0.39 is 0 Å². The van der Waals surface area contributed by atoms with Gasteiger partial charge in [-0.15, -0.1) is 10.2 Å². The summed E-state index contributed by atoms with van der Waals surface area (Å²) in [6, 6.07) is 6.02. The van der Waals surface area contributed by atoms with E-state index in [1.807, 2.05) is 25.1 Å². The third-order valence-electron chi connectivity index (χ3n) is 4.15. The highest BCUT2D eigenvalue weighted by Crippen LogP contribution is 2.35. The Morgan fingerprint density at radius 1 is 1.36 bits per heavy atom. The summed E-state index contributed by atoms with van der Waals surface area (Å²) in [7, 11) is 0. The van der Waals surface area contributed by atoms with E-state index in [2.05, 4.69) is 20.1 Å². The minimum absolute atomic E-state index is 0.0237. The molecule has 0 bridgehead atoms. The van der Waals surface area contributed by atoms with Gasteiger partial charge in [-0.25, -0.2) is 4.98 Å². The topological polar surface area (TPSA) is 60.4 Å². The Hall–Kier alpha value is -1.73. The SMILES string of the molecule is Cc1nnc(N2C[C@@H](Oc3ccccn3)[C@@H]3OCCC[C@@H]32)s1. The summed E-state index contributed by atoms with van der Waals surface area (Å²) in [4.78, 5) is 6.55. The van der Waals surface area contributed by atoms with Crippen LogP contribution < -0.4 is 9.64 Å². The number of pyridine rings is 1. The molecule has 2 aliphatic heterocycles. The first-order valence-corrected chi connectivity index (χ1v) is 8.39. The molecule has 4 heterocycles. The number of anilines is 1. The molecule has 0 aromatic carbocycles. The van der Waals surface area contributed by atoms with Gasteiger partial charge in [-0.2, -0.15) is 0 Å². The molecule has 2 aromatic rings. The Bertz CT molecular complexity index is 635. The van der Waals surface area contributed by atoms with Gasteiger partial charge in [0.1, 0.15) is 17.2 Å². The van der Waals surface area contributed by atoms with E-state index in [1.165, 1.54) is 0 Å². The lowest BCUT2D eigenvalue weighted by molar-refractivity contribution is -0.0372. The molecule has 4 rings (SSSR count). The second-order valence-electron chi connectivity index (χ2n) is 5.63. The number of aryl methyl sites for hydroxylation is 1. The van der Waals surface area contributed by atoms with Crippen molar-refractivity contribution in [1.29, 1.82) is 0 Å². The van der Waals surface area contributed by atoms with E-state index in [1.54, 1.807) is 17.5 Å². The van der Waals surface area contributed by atoms with Gasteiger partial charge in [-0.3, -0.25) is 0 Å². The van der Waals surface area contributed by atoms with Crippen LogP contribution in [0.25, 0.3) is 0 Å². The average molecular weight is 318 g/mol. The lowest BCUT2D eigenvalue weighted by atomic mass is 10.0. The van der Waals surface area contributed by atoms with E-state index in [4.69, 9.17) is 9.47 Å². The Balaban J connectivity index is 1.57. The Kier molecular flexibility index (Phi) is 3.67. The fourth-order valence-corrected chi connectivity index (χ4v) is 3.96. The number of aromatic nitrogens is 3. The van der Waals surface area contributed by atoms with E-state index in [0.29, 0.717) is 11.9 Å². The molecule has 7 heteroatoms. The summed E-state index contributed by atoms with van der Waals surface area (Å²) in [6.07, 6.45) is 3.97. The van der Waals surface area contributed by atoms with E-state index in [0.717, 1.165) is 36.1 Å². The fraction of sp³-hybridized carbons (Fsp3) is 0.533. The number of rotatable bonds is 3. The number of ether oxygens (including phenoxy) is 2. The summed E-state index contributed by atoms with van der Waals surface area (Å²) in [5.41, 5.74) is 0. The van der Waals surface area contributed by atoms with Crippen LogP contribution in [0.2, 0.25) is 0 Å². The lowest BCUT2D eigenvalue weighted by Crippen LogP contribution is -2.42. The maximum atomic E-state index is 6.08. The number of nitrogens with zero attached hydrogens (tertiary/aromatic N) is 4. The minimum atomic E-state index is -0.0237. The van der Waals surface area contributed by atoms with Crippen molar-refractivity contribution in [2.45, 2.75) is 38.0 Å². The van der Waals surface area contributed by atoms with Crippen molar-refractivity contribution in [2.75, 3.05) is 18.1 Å². The molecule has 0 N–H and O–H groups in total. The van der Waals surface area contributed by atoms with Gasteiger partial charge in [-0.1, -0.05) is 17.4 Å². The van der Waals surface area contributed by atoms with Gasteiger partial charge < -0.3 is 14.4 Å². The third-order valence-corrected chi connectivity index (χ3v) is 5.02. The Labute approximate surface area is 133 Å². The molecule has 2 saturated heterocycles. The van der Waals surface area contributed by atoms with Gasteiger partial charge >= 0.3 is 0 Å². The highest BCUT2D eigenvalue weighted by molar-refractivity contribution is 7.15. The molecule has 0 unspecified atom stereocenters. The second kappa shape index (κ2) is 5.81. The molecular weight excluding hydrogens is 300 g/mol. The largest absolute Gasteiger partial charge is 0.470 e. The van der Waals surface area contributed by atoms with E-state index >= 15 is 0 Å². The zero-order valence-electron chi connectivity index (χ0n) is 12.4. The van der Waals surface area contributed by atoms with Crippen molar-refractivity contribution in [2.24, 2.45) is 0 Å². The van der Waals surface area contributed by atoms with Crippen molar-refractivity contribution < 1.29 is 9.47 Å². The number of hydrogen-bond acceptors (Lipinski definition) is 7. The Morgan fingerprint density at radius 3 is 3.09 bits per heavy atom. The first-order valence-electron chi connectivity index (χ1n) is 7.57. The van der Waals surface area contributed by atoms with Gasteiger partial charge in [0.2, 0.25) is 11.0 Å². The predicted octanol–water partition coefficient (Wildman–Crippen LogP) is 2.06. The standard InChI is InChI=1S/C15H18N4O2S/c1-10-17-18-15(22-10)19-9-12(14-11(19)5-4-8-20-14)21-13-6-2-3-7-16-13/h2-3,6-7,11-12,14H,4-5,8-9H2,1H3/t11-,12+,14+/m0/s1. The van der Waals surface area contributed by atoms with Crippen LogP contribution in [0, 0.1) is 6.92 Å². The molecule has 22 heavy (non-hydrogen) atoms. The molecule has 0 amide bonds. The smallest absolute Gasteiger partial charge is 0.213 e. The molecule has 0 aliphatic carbocycles. The van der Waals surface area contributed by atoms with Crippen molar-refractivity contribution in [3.8, 4) is 5.88 Å². The molecule has 3 atom stereocenters. The second-order valence-corrected chi connectivity index (χ2v) is 6.79. The lowest BCUT2D eigenvalue weighted by Gasteiger charge is -2.31. The maximum Gasteiger partial charge on any atom is 0.213 e. The van der Waals surface area contributed by atoms with Gasteiger partial charge in [0.25, 0.3) is 0 Å². The van der Waals surface area contributed by atoms with Crippen LogP contribution >= 0.6 is 11.3 Å². The van der Waals surface area contributed by atoms with Crippen LogP contribution in [0.3, 0.4) is 0 Å². The molecule has 2 aliphatic rings. The van der Waals surface area contributed by atoms with Crippen LogP contribution in [-0.2, 0) is 4.74 Å². The van der Waals surface area contributed by atoms with Crippen molar-refractivity contribution in [3.05, 3.63) is 29.4 Å². The molecule has 6 nitrogen and oxygen atoms in total. The van der Waals surface area contributed by atoms with Crippen molar-refractivity contribution >= 4 is 16.5 Å². The normalized spacial score (nSPS) is 27.7. The first kappa shape index (κ1) is 13.9. The average Bonchev–Trinajstić information content (AvgIpc) is 3.13. The van der Waals surface area contributed by atoms with E-state index in [9.17, 15) is 0 Å². The summed E-state index contributed by atoms with van der Waals surface area (Å²) in [5, 5.41) is 10.4. The molecule has 116 valence electrons. The molecule has 2 fully saturated rings. The number of fused-ring (bicyclic) bond motifs is 1. The maximum absolute atomic E-state index is 6.08. The quantitative estimate of drug-likeness (QED) is 0.863. The van der Waals surface area contributed by atoms with Crippen LogP contribution in [0.15, 0.2) is 24.4 Å². The van der Waals surface area contributed by atoms with Crippen LogP contribution in [-0.4, -0.2) is 46.6 Å². The summed E-state index contributed by atoms with van der Waals surface area (Å²) < 4.78 is 12.1. The molecule has 0 radical (unpaired) electrons. The zero-order chi connectivity index (χ0) is 14.9. The van der Waals surface area contributed by atoms with Crippen LogP contribution in [0.1, 0.15) is 17.8 Å². The number of hydrogen-bond donors (Lipinski definition) is 0. The Morgan fingerprint density at radius 2 is 2.32 bits per heavy atom. The van der Waals surface area contributed by atoms with Gasteiger partial charge in [-0.05, 0) is 25.8 Å². The van der Waals surface area contributed by atoms with E-state index in [-0.39, 0.29) is 12.2 Å². The summed E-state index contributed by atoms with van der Waals surface area (Å²) in [6.45, 7) is 3.54. The highest BCUT2D eigenvalue weighted by atomic mass is 32.1. The monoisotopic (exact) mass is 318 g/mol. The van der Waals surface area contributed by atoms with Gasteiger partial charge in [0, 0.05) is 18.9 Å². The summed E-state index contributed by atoms with van der Waals surface area (Å²) in [5.74, 6) is 0.649. The van der Waals surface area contributed by atoms with Gasteiger partial charge in [0.05, 0.1) is 12.6 Å².